The van der Waals surface area contributed by atoms with E-state index in [2.05, 4.69) is 49.8 Å². The summed E-state index contributed by atoms with van der Waals surface area (Å²) in [6.07, 6.45) is 16.5. The number of benzene rings is 2. The van der Waals surface area contributed by atoms with Gasteiger partial charge in [0.2, 0.25) is 5.28 Å². The van der Waals surface area contributed by atoms with Gasteiger partial charge in [0.15, 0.2) is 40.4 Å². The van der Waals surface area contributed by atoms with Crippen molar-refractivity contribution in [2.45, 2.75) is 214 Å². The molecule has 12 atom stereocenters. The zero-order valence-corrected chi connectivity index (χ0v) is 69.4. The van der Waals surface area contributed by atoms with Gasteiger partial charge in [0.25, 0.3) is 20.0 Å². The third kappa shape index (κ3) is 20.1. The zero-order chi connectivity index (χ0) is 84.3. The number of aromatic nitrogens is 12. The Hall–Kier alpha value is -7.78. The Bertz CT molecular complexity index is 5570. The summed E-state index contributed by atoms with van der Waals surface area (Å²) in [5, 5.41) is 71.1. The van der Waals surface area contributed by atoms with E-state index < -0.39 is 98.5 Å². The summed E-state index contributed by atoms with van der Waals surface area (Å²) in [6.45, 7) is 11.5. The molecule has 5 fully saturated rings. The van der Waals surface area contributed by atoms with E-state index in [0.717, 1.165) is 84.0 Å². The summed E-state index contributed by atoms with van der Waals surface area (Å²) in [7, 11) is -8.62. The van der Waals surface area contributed by atoms with Gasteiger partial charge in [0, 0.05) is 82.0 Å². The molecule has 12 N–H and O–H groups in total. The molecule has 624 valence electrons. The van der Waals surface area contributed by atoms with E-state index in [1.807, 2.05) is 41.5 Å². The standard InChI is InChI=1S/C25H24ClFN4O4S.C20H22BClN2O4S.C18H18ClFN4O2.C11H15ClFN3O.C6H13NO2/c1-14-5-7-17(8-6-14)36(34,35)31-13-19(18-10-16(26)11-29-25(18)31)24-28-12-20(27)21(30-24)9-15-3-2-4-22(32)23(15)33;1-13-6-8-15(9-7-13)29(25,26)24-12-17(16-10-14(22)11-23-18(16)24)21-27-19(2,3)20(4,5)28-21;19-10-5-11-12(7-22-17(11)21-6-10)18-23-8-13(20)14(24-18)4-9-2-1-3-15(25)16(9)26;12-11-15-5-7(13)8(16-11)4-6-2-1-3-9(17)10(6)14;7-4-2-1-3-5(8)6(4)9/h5-8,10-13,15,22-23,32-33H,2-4,9H2,1H3;6-12H,1-5H3;5-9,15-16,25-26H,1-4H2,(H,21,22);5-6,9-10,17H,1-4,14H2;4-6,8-9H,1-3,7H2/t15-,22-,23-;;9-,15-,16-;6-,9-,10-;4-,5+,6+/m1.110/s1. The number of hydrogen-bond donors (Lipinski definition) is 10. The van der Waals surface area contributed by atoms with Crippen LogP contribution in [0.4, 0.5) is 13.2 Å². The fourth-order valence-electron chi connectivity index (χ4n) is 14.9. The lowest BCUT2D eigenvalue weighted by Crippen LogP contribution is -2.46. The molecule has 1 aliphatic heterocycles. The van der Waals surface area contributed by atoms with Gasteiger partial charge in [-0.1, -0.05) is 89.5 Å². The summed E-state index contributed by atoms with van der Waals surface area (Å²) in [4.78, 5) is 40.5. The van der Waals surface area contributed by atoms with Gasteiger partial charge < -0.3 is 61.5 Å². The molecule has 117 heavy (non-hydrogen) atoms. The highest BCUT2D eigenvalue weighted by atomic mass is 35.5. The van der Waals surface area contributed by atoms with Gasteiger partial charge in [-0.05, 0) is 190 Å². The Labute approximate surface area is 694 Å². The lowest BCUT2D eigenvalue weighted by atomic mass is 9.79. The number of aryl methyl sites for hydroxylation is 2. The fourth-order valence-corrected chi connectivity index (χ4v) is 18.2. The number of halogens is 7. The molecule has 4 aliphatic carbocycles. The first-order valence-corrected chi connectivity index (χ1v) is 42.7. The van der Waals surface area contributed by atoms with Crippen LogP contribution in [0.25, 0.3) is 55.9 Å². The molecule has 0 bridgehead atoms. The SMILES string of the molecule is Cc1ccc(S(=O)(=O)n2cc(-c3ncc(F)c(C[C@H]4CCC[C@@H](O)[C@@H]4O)n3)c3cc(Cl)cnc32)cc1.Cc1ccc(S(=O)(=O)n2cc(B3OC(C)(C)C(C)(C)O3)c3cc(Cl)cnc32)cc1.N[C@@H]1[C@@H](Cc2nc(Cl)ncc2F)CCC[C@H]1O.N[C@H]1CCC[C@@H](O)[C@@H]1O.O[C@@H]1[C@@H](Cc2nc(-c3c[nH]c4ncc(Cl)cc34)ncc2F)CCC[C@H]1O. The van der Waals surface area contributed by atoms with Crippen molar-refractivity contribution in [1.82, 2.24) is 57.8 Å². The highest BCUT2D eigenvalue weighted by molar-refractivity contribution is 7.90. The van der Waals surface area contributed by atoms with Crippen LogP contribution in [-0.2, 0) is 48.6 Å². The maximum absolute atomic E-state index is 14.7. The first-order valence-electron chi connectivity index (χ1n) is 38.3. The second kappa shape index (κ2) is 37.1. The van der Waals surface area contributed by atoms with E-state index in [1.54, 1.807) is 60.8 Å². The van der Waals surface area contributed by atoms with Crippen LogP contribution < -0.4 is 16.9 Å². The minimum atomic E-state index is -4.02. The van der Waals surface area contributed by atoms with Crippen molar-refractivity contribution < 1.29 is 75.1 Å². The number of nitrogens with one attached hydrogen (secondary N) is 1. The van der Waals surface area contributed by atoms with Gasteiger partial charge in [-0.2, -0.15) is 0 Å². The van der Waals surface area contributed by atoms with Gasteiger partial charge in [0.05, 0.1) is 114 Å². The quantitative estimate of drug-likeness (QED) is 0.0379. The molecular formula is C80H92BCl4F3N14O13S2. The molecule has 1 saturated heterocycles. The summed E-state index contributed by atoms with van der Waals surface area (Å²) in [6, 6.07) is 17.6. The molecule has 4 saturated carbocycles. The van der Waals surface area contributed by atoms with Gasteiger partial charge in [-0.3, -0.25) is 0 Å². The molecule has 11 aromatic rings. The van der Waals surface area contributed by atoms with Crippen molar-refractivity contribution in [3.8, 4) is 22.8 Å². The summed E-state index contributed by atoms with van der Waals surface area (Å²) >= 11 is 24.0. The third-order valence-electron chi connectivity index (χ3n) is 22.5. The Morgan fingerprint density at radius 1 is 0.496 bits per heavy atom. The number of fused-ring (bicyclic) bond motifs is 3. The Balaban J connectivity index is 0.000000142. The normalized spacial score (nSPS) is 23.9. The maximum atomic E-state index is 14.7. The highest BCUT2D eigenvalue weighted by Crippen LogP contribution is 2.40. The molecule has 2 aromatic carbocycles. The third-order valence-corrected chi connectivity index (χ3v) is 26.6. The zero-order valence-electron chi connectivity index (χ0n) is 64.8. The molecule has 37 heteroatoms. The van der Waals surface area contributed by atoms with Crippen molar-refractivity contribution in [3.05, 3.63) is 189 Å². The van der Waals surface area contributed by atoms with E-state index in [0.29, 0.717) is 87.4 Å². The smallest absolute Gasteiger partial charge is 0.399 e. The van der Waals surface area contributed by atoms with E-state index in [4.69, 9.17) is 77.4 Å². The lowest BCUT2D eigenvalue weighted by molar-refractivity contribution is -0.0447. The number of aromatic amines is 1. The molecule has 5 aliphatic rings. The number of H-pyrrole nitrogens is 1. The van der Waals surface area contributed by atoms with Crippen LogP contribution in [0.2, 0.25) is 20.4 Å². The second-order valence-electron chi connectivity index (χ2n) is 31.3. The van der Waals surface area contributed by atoms with Gasteiger partial charge in [-0.25, -0.2) is 82.8 Å². The van der Waals surface area contributed by atoms with E-state index in [-0.39, 0.29) is 97.0 Å². The number of nitrogens with two attached hydrogens (primary N) is 2. The minimum absolute atomic E-state index is 0.0336. The predicted octanol–water partition coefficient (Wildman–Crippen LogP) is 10.8. The van der Waals surface area contributed by atoms with Crippen molar-refractivity contribution in [2.75, 3.05) is 0 Å². The first-order chi connectivity index (χ1) is 55.4. The Morgan fingerprint density at radius 3 is 1.41 bits per heavy atom. The first kappa shape index (κ1) is 88.5. The largest absolute Gasteiger partial charge is 0.497 e. The average Bonchev–Trinajstić information content (AvgIpc) is 1.59. The van der Waals surface area contributed by atoms with E-state index >= 15 is 0 Å². The number of aliphatic hydroxyl groups is 7. The molecule has 0 spiro atoms. The van der Waals surface area contributed by atoms with Gasteiger partial charge >= 0.3 is 7.12 Å². The summed E-state index contributed by atoms with van der Waals surface area (Å²) in [5.74, 6) is -1.71. The van der Waals surface area contributed by atoms with Crippen molar-refractivity contribution in [3.63, 3.8) is 0 Å². The van der Waals surface area contributed by atoms with E-state index in [1.165, 1.54) is 47.1 Å². The highest BCUT2D eigenvalue weighted by Gasteiger charge is 2.53. The van der Waals surface area contributed by atoms with Crippen LogP contribution in [0, 0.1) is 49.1 Å². The number of nitrogens with zero attached hydrogens (tertiary/aromatic N) is 11. The molecule has 9 aromatic heterocycles. The lowest BCUT2D eigenvalue weighted by Gasteiger charge is -2.32. The van der Waals surface area contributed by atoms with Crippen LogP contribution in [0.3, 0.4) is 0 Å². The number of rotatable bonds is 13. The van der Waals surface area contributed by atoms with Crippen LogP contribution >= 0.6 is 46.4 Å². The molecule has 0 unspecified atom stereocenters. The van der Waals surface area contributed by atoms with Crippen LogP contribution in [0.15, 0.2) is 132 Å². The Morgan fingerprint density at radius 2 is 0.906 bits per heavy atom. The van der Waals surface area contributed by atoms with Crippen molar-refractivity contribution >= 4 is 112 Å². The number of pyridine rings is 3. The van der Waals surface area contributed by atoms with E-state index in [9.17, 15) is 55.5 Å². The van der Waals surface area contributed by atoms with Crippen LogP contribution in [0.5, 0.6) is 0 Å². The predicted molar refractivity (Wildman–Crippen MR) is 438 cm³/mol. The number of aliphatic hydroxyl groups excluding tert-OH is 7. The van der Waals surface area contributed by atoms with Crippen LogP contribution in [-0.4, -0.2) is 183 Å². The van der Waals surface area contributed by atoms with Crippen molar-refractivity contribution in [2.24, 2.45) is 29.2 Å². The van der Waals surface area contributed by atoms with Crippen molar-refractivity contribution in [1.29, 1.82) is 0 Å². The minimum Gasteiger partial charge on any atom is -0.399 e. The van der Waals surface area contributed by atoms with Crippen LogP contribution in [0.1, 0.15) is 133 Å². The number of hydrogen-bond acceptors (Lipinski definition) is 24. The fraction of sp³-hybridized carbons (Fsp3) is 0.438. The molecule has 10 heterocycles. The van der Waals surface area contributed by atoms with Gasteiger partial charge in [0.1, 0.15) is 5.65 Å². The molecule has 0 amide bonds. The molecule has 27 nitrogen and oxygen atoms in total. The van der Waals surface area contributed by atoms with Gasteiger partial charge in [-0.15, -0.1) is 0 Å². The second-order valence-corrected chi connectivity index (χ2v) is 36.5. The maximum Gasteiger partial charge on any atom is 0.497 e. The topological polar surface area (TPSA) is 422 Å². The Kier molecular flexibility index (Phi) is 28.0. The molecular weight excluding hydrogens is 1640 g/mol. The monoisotopic (exact) mass is 1730 g/mol. The summed E-state index contributed by atoms with van der Waals surface area (Å²) < 4.78 is 111. The summed E-state index contributed by atoms with van der Waals surface area (Å²) in [5.41, 5.74) is 15.4. The molecule has 0 radical (unpaired) electrons. The molecule has 16 rings (SSSR count). The average molecular weight is 1730 g/mol.